The second-order valence-corrected chi connectivity index (χ2v) is 9.26. The Morgan fingerprint density at radius 3 is 2.73 bits per heavy atom. The number of nitrogens with zero attached hydrogens (tertiary/aromatic N) is 6. The first-order chi connectivity index (χ1) is 17.9. The van der Waals surface area contributed by atoms with Gasteiger partial charge in [0.25, 0.3) is 0 Å². The van der Waals surface area contributed by atoms with Crippen LogP contribution in [0.15, 0.2) is 48.9 Å². The first kappa shape index (κ1) is 23.2. The molecule has 1 aliphatic rings. The van der Waals surface area contributed by atoms with Crippen molar-refractivity contribution >= 4 is 16.7 Å². The molecule has 1 N–H and O–H groups in total. The molecule has 5 heterocycles. The lowest BCUT2D eigenvalue weighted by molar-refractivity contribution is 0.0985. The summed E-state index contributed by atoms with van der Waals surface area (Å²) in [7, 11) is 0. The third kappa shape index (κ3) is 4.13. The van der Waals surface area contributed by atoms with Gasteiger partial charge in [-0.15, -0.1) is 0 Å². The zero-order valence-electron chi connectivity index (χ0n) is 20.7. The van der Waals surface area contributed by atoms with E-state index in [1.54, 1.807) is 17.1 Å². The number of halogens is 2. The van der Waals surface area contributed by atoms with E-state index in [-0.39, 0.29) is 11.9 Å². The predicted molar refractivity (Wildman–Crippen MR) is 137 cm³/mol. The van der Waals surface area contributed by atoms with Gasteiger partial charge >= 0.3 is 0 Å². The lowest BCUT2D eigenvalue weighted by atomic mass is 10.1. The number of hydrogen-bond donors (Lipinski definition) is 1. The molecule has 0 aliphatic carbocycles. The van der Waals surface area contributed by atoms with Crippen molar-refractivity contribution in [2.75, 3.05) is 24.7 Å². The van der Waals surface area contributed by atoms with E-state index in [9.17, 15) is 8.78 Å². The lowest BCUT2D eigenvalue weighted by Crippen LogP contribution is -2.44. The van der Waals surface area contributed by atoms with E-state index in [0.717, 1.165) is 34.4 Å². The Balaban J connectivity index is 1.57. The number of H-pyrrole nitrogens is 1. The topological polar surface area (TPSA) is 84.8 Å². The highest BCUT2D eigenvalue weighted by atomic mass is 19.1. The summed E-state index contributed by atoms with van der Waals surface area (Å²) in [5.41, 5.74) is 4.73. The fourth-order valence-corrected chi connectivity index (χ4v) is 5.00. The van der Waals surface area contributed by atoms with Gasteiger partial charge < -0.3 is 14.6 Å². The minimum atomic E-state index is -0.443. The molecule has 4 aromatic heterocycles. The highest BCUT2D eigenvalue weighted by Gasteiger charge is 2.25. The Bertz CT molecular complexity index is 1630. The number of ether oxygens (including phenoxy) is 1. The Morgan fingerprint density at radius 1 is 1.05 bits per heavy atom. The summed E-state index contributed by atoms with van der Waals surface area (Å²) in [6.07, 6.45) is 4.49. The fraction of sp³-hybridized carbons (Fsp3) is 0.259. The van der Waals surface area contributed by atoms with Crippen molar-refractivity contribution in [3.8, 4) is 28.3 Å². The number of aromatic amines is 1. The highest BCUT2D eigenvalue weighted by Crippen LogP contribution is 2.34. The van der Waals surface area contributed by atoms with Gasteiger partial charge in [0, 0.05) is 46.9 Å². The number of morpholine rings is 1. The first-order valence-corrected chi connectivity index (χ1v) is 12.1. The summed E-state index contributed by atoms with van der Waals surface area (Å²) in [5, 5.41) is 5.49. The van der Waals surface area contributed by atoms with Gasteiger partial charge in [-0.1, -0.05) is 0 Å². The number of aromatic nitrogens is 6. The van der Waals surface area contributed by atoms with Crippen LogP contribution in [0.5, 0.6) is 0 Å². The first-order valence-electron chi connectivity index (χ1n) is 12.1. The molecule has 1 saturated heterocycles. The molecule has 10 heteroatoms. The summed E-state index contributed by atoms with van der Waals surface area (Å²) >= 11 is 0. The van der Waals surface area contributed by atoms with E-state index < -0.39 is 5.82 Å². The smallest absolute Gasteiger partial charge is 0.162 e. The van der Waals surface area contributed by atoms with Crippen LogP contribution in [0.1, 0.15) is 18.3 Å². The fourth-order valence-electron chi connectivity index (χ4n) is 5.00. The average molecular weight is 502 g/mol. The monoisotopic (exact) mass is 501 g/mol. The molecule has 0 amide bonds. The second kappa shape index (κ2) is 9.04. The van der Waals surface area contributed by atoms with Crippen LogP contribution in [0.25, 0.3) is 39.2 Å². The molecular formula is C27H25F2N7O. The van der Waals surface area contributed by atoms with Gasteiger partial charge in [0.05, 0.1) is 54.4 Å². The highest BCUT2D eigenvalue weighted by molar-refractivity contribution is 5.94. The van der Waals surface area contributed by atoms with Crippen LogP contribution in [0.3, 0.4) is 0 Å². The van der Waals surface area contributed by atoms with E-state index in [2.05, 4.69) is 26.9 Å². The van der Waals surface area contributed by atoms with E-state index in [1.807, 2.05) is 26.0 Å². The van der Waals surface area contributed by atoms with Crippen molar-refractivity contribution in [3.05, 3.63) is 71.9 Å². The maximum atomic E-state index is 14.6. The molecule has 0 radical (unpaired) electrons. The van der Waals surface area contributed by atoms with E-state index in [0.29, 0.717) is 48.0 Å². The largest absolute Gasteiger partial charge is 0.377 e. The quantitative estimate of drug-likeness (QED) is 0.373. The molecule has 8 nitrogen and oxygen atoms in total. The van der Waals surface area contributed by atoms with Crippen LogP contribution in [-0.2, 0) is 4.74 Å². The number of rotatable bonds is 4. The normalized spacial score (nSPS) is 16.0. The molecule has 5 aromatic rings. The van der Waals surface area contributed by atoms with Crippen molar-refractivity contribution in [1.82, 2.24) is 29.7 Å². The number of pyridine rings is 1. The third-order valence-electron chi connectivity index (χ3n) is 6.73. The minimum absolute atomic E-state index is 0.104. The summed E-state index contributed by atoms with van der Waals surface area (Å²) in [5.74, 6) is 0.317. The SMILES string of the molecule is Cc1nn(-c2cncc(F)c2)c(C)c1-c1cc(N2CCOC[C@H]2C)nc(-c2cc(F)cc3[nH]ccc23)n1. The standard InChI is InChI=1S/C27H25F2N7O/c1-15-14-37-7-6-35(15)25-11-24(26-16(2)34-36(17(26)3)20-8-19(29)12-30-13-20)32-27(33-25)22-9-18(28)10-23-21(22)4-5-31-23/h4-5,8-13,15,31H,6-7,14H2,1-3H3/t15-/m1/s1. The maximum absolute atomic E-state index is 14.6. The number of nitrogens with one attached hydrogen (secondary N) is 1. The van der Waals surface area contributed by atoms with Gasteiger partial charge in [-0.25, -0.2) is 23.4 Å². The van der Waals surface area contributed by atoms with Crippen molar-refractivity contribution < 1.29 is 13.5 Å². The predicted octanol–water partition coefficient (Wildman–Crippen LogP) is 4.99. The summed E-state index contributed by atoms with van der Waals surface area (Å²) < 4.78 is 35.8. The van der Waals surface area contributed by atoms with E-state index >= 15 is 0 Å². The molecule has 0 bridgehead atoms. The Hall–Kier alpha value is -4.18. The van der Waals surface area contributed by atoms with Crippen molar-refractivity contribution in [2.24, 2.45) is 0 Å². The Kier molecular flexibility index (Phi) is 5.68. The van der Waals surface area contributed by atoms with Crippen LogP contribution in [0.2, 0.25) is 0 Å². The zero-order valence-corrected chi connectivity index (χ0v) is 20.7. The van der Waals surface area contributed by atoms with Gasteiger partial charge in [0.1, 0.15) is 17.5 Å². The number of hydrogen-bond acceptors (Lipinski definition) is 6. The number of benzene rings is 1. The van der Waals surface area contributed by atoms with E-state index in [4.69, 9.17) is 14.7 Å². The summed E-state index contributed by atoms with van der Waals surface area (Å²) in [4.78, 5) is 19.0. The van der Waals surface area contributed by atoms with Gasteiger partial charge in [-0.2, -0.15) is 5.10 Å². The van der Waals surface area contributed by atoms with Crippen LogP contribution in [0, 0.1) is 25.5 Å². The number of fused-ring (bicyclic) bond motifs is 1. The molecule has 0 unspecified atom stereocenters. The third-order valence-corrected chi connectivity index (χ3v) is 6.73. The molecule has 37 heavy (non-hydrogen) atoms. The maximum Gasteiger partial charge on any atom is 0.162 e. The average Bonchev–Trinajstić information content (AvgIpc) is 3.47. The molecule has 1 atom stereocenters. The van der Waals surface area contributed by atoms with E-state index in [1.165, 1.54) is 18.2 Å². The molecule has 0 saturated carbocycles. The van der Waals surface area contributed by atoms with Gasteiger partial charge in [-0.3, -0.25) is 4.98 Å². The molecular weight excluding hydrogens is 476 g/mol. The molecule has 1 fully saturated rings. The molecule has 1 aliphatic heterocycles. The molecule has 188 valence electrons. The van der Waals surface area contributed by atoms with Crippen LogP contribution in [0.4, 0.5) is 14.6 Å². The lowest BCUT2D eigenvalue weighted by Gasteiger charge is -2.34. The molecule has 6 rings (SSSR count). The zero-order chi connectivity index (χ0) is 25.7. The van der Waals surface area contributed by atoms with Crippen LogP contribution < -0.4 is 4.90 Å². The van der Waals surface area contributed by atoms with Crippen LogP contribution in [-0.4, -0.2) is 55.5 Å². The number of aryl methyl sites for hydroxylation is 1. The van der Waals surface area contributed by atoms with Gasteiger partial charge in [0.15, 0.2) is 5.82 Å². The summed E-state index contributed by atoms with van der Waals surface area (Å²) in [6, 6.07) is 8.24. The van der Waals surface area contributed by atoms with Crippen molar-refractivity contribution in [1.29, 1.82) is 0 Å². The van der Waals surface area contributed by atoms with Crippen molar-refractivity contribution in [3.63, 3.8) is 0 Å². The van der Waals surface area contributed by atoms with Crippen LogP contribution >= 0.6 is 0 Å². The molecule has 1 aromatic carbocycles. The summed E-state index contributed by atoms with van der Waals surface area (Å²) in [6.45, 7) is 7.72. The minimum Gasteiger partial charge on any atom is -0.377 e. The molecule has 0 spiro atoms. The Morgan fingerprint density at radius 2 is 1.92 bits per heavy atom. The van der Waals surface area contributed by atoms with Gasteiger partial charge in [0.2, 0.25) is 0 Å². The second-order valence-electron chi connectivity index (χ2n) is 9.26. The van der Waals surface area contributed by atoms with Crippen molar-refractivity contribution in [2.45, 2.75) is 26.8 Å². The number of anilines is 1. The Labute approximate surface area is 212 Å². The van der Waals surface area contributed by atoms with Gasteiger partial charge in [-0.05, 0) is 39.0 Å².